The molecular formula is C12H16N2O3. The van der Waals surface area contributed by atoms with E-state index in [9.17, 15) is 4.79 Å². The number of carbonyl (C=O) groups is 1. The predicted octanol–water partition coefficient (Wildman–Crippen LogP) is 0.201. The van der Waals surface area contributed by atoms with E-state index in [2.05, 4.69) is 5.32 Å². The van der Waals surface area contributed by atoms with Crippen LogP contribution >= 0.6 is 0 Å². The van der Waals surface area contributed by atoms with Gasteiger partial charge in [-0.1, -0.05) is 0 Å². The molecular weight excluding hydrogens is 220 g/mol. The lowest BCUT2D eigenvalue weighted by Crippen LogP contribution is -2.51. The lowest BCUT2D eigenvalue weighted by molar-refractivity contribution is -0.122. The van der Waals surface area contributed by atoms with Gasteiger partial charge in [0.05, 0.1) is 0 Å². The van der Waals surface area contributed by atoms with Crippen molar-refractivity contribution in [3.8, 4) is 11.5 Å². The first-order valence-corrected chi connectivity index (χ1v) is 5.65. The number of rotatable bonds is 4. The van der Waals surface area contributed by atoms with Gasteiger partial charge in [-0.25, -0.2) is 0 Å². The van der Waals surface area contributed by atoms with Crippen LogP contribution in [0, 0.1) is 0 Å². The largest absolute Gasteiger partial charge is 0.508 e. The first-order valence-electron chi connectivity index (χ1n) is 5.65. The number of phenolic OH excluding ortho intramolecular Hbond substituents is 1. The summed E-state index contributed by atoms with van der Waals surface area (Å²) in [5.41, 5.74) is 0. The number of nitrogens with one attached hydrogen (secondary N) is 1. The number of hydrogen-bond donors (Lipinski definition) is 2. The maximum atomic E-state index is 11.0. The van der Waals surface area contributed by atoms with Crippen LogP contribution in [0.25, 0.3) is 0 Å². The van der Waals surface area contributed by atoms with Gasteiger partial charge in [0, 0.05) is 26.2 Å². The Bertz CT molecular complexity index is 361. The van der Waals surface area contributed by atoms with Crippen molar-refractivity contribution in [3.63, 3.8) is 0 Å². The van der Waals surface area contributed by atoms with Crippen LogP contribution in [0.4, 0.5) is 0 Å². The molecule has 0 aliphatic carbocycles. The summed E-state index contributed by atoms with van der Waals surface area (Å²) in [7, 11) is 0. The third-order valence-electron chi connectivity index (χ3n) is 2.72. The van der Waals surface area contributed by atoms with E-state index in [1.165, 1.54) is 12.1 Å². The van der Waals surface area contributed by atoms with Crippen LogP contribution in [-0.4, -0.2) is 48.7 Å². The average molecular weight is 236 g/mol. The summed E-state index contributed by atoms with van der Waals surface area (Å²) in [4.78, 5) is 13.0. The number of hydrogen-bond acceptors (Lipinski definition) is 5. The molecule has 1 aliphatic heterocycles. The van der Waals surface area contributed by atoms with Crippen LogP contribution < -0.4 is 10.1 Å². The fourth-order valence-electron chi connectivity index (χ4n) is 1.79. The molecule has 0 spiro atoms. The van der Waals surface area contributed by atoms with E-state index < -0.39 is 6.23 Å². The fourth-order valence-corrected chi connectivity index (χ4v) is 1.79. The molecule has 0 amide bonds. The zero-order valence-corrected chi connectivity index (χ0v) is 9.50. The van der Waals surface area contributed by atoms with Gasteiger partial charge in [-0.2, -0.15) is 0 Å². The molecule has 1 unspecified atom stereocenters. The van der Waals surface area contributed by atoms with Crippen molar-refractivity contribution < 1.29 is 14.6 Å². The first-order chi connectivity index (χ1) is 8.29. The second-order valence-electron chi connectivity index (χ2n) is 3.92. The minimum atomic E-state index is -0.554. The summed E-state index contributed by atoms with van der Waals surface area (Å²) < 4.78 is 5.58. The maximum Gasteiger partial charge on any atom is 0.209 e. The molecule has 0 aromatic heterocycles. The van der Waals surface area contributed by atoms with E-state index in [0.29, 0.717) is 5.75 Å². The third-order valence-corrected chi connectivity index (χ3v) is 2.72. The number of ether oxygens (including phenoxy) is 1. The molecule has 0 bridgehead atoms. The molecule has 17 heavy (non-hydrogen) atoms. The molecule has 2 rings (SSSR count). The van der Waals surface area contributed by atoms with Gasteiger partial charge < -0.3 is 15.2 Å². The molecule has 1 saturated heterocycles. The number of benzene rings is 1. The summed E-state index contributed by atoms with van der Waals surface area (Å²) >= 11 is 0. The summed E-state index contributed by atoms with van der Waals surface area (Å²) in [6, 6.07) is 6.37. The number of nitrogens with zero attached hydrogens (tertiary/aromatic N) is 1. The summed E-state index contributed by atoms with van der Waals surface area (Å²) in [5.74, 6) is 0.764. The van der Waals surface area contributed by atoms with E-state index in [1.807, 2.05) is 4.90 Å². The van der Waals surface area contributed by atoms with Crippen molar-refractivity contribution in [2.45, 2.75) is 6.23 Å². The number of aldehydes is 1. The van der Waals surface area contributed by atoms with E-state index in [0.717, 1.165) is 32.5 Å². The van der Waals surface area contributed by atoms with Crippen molar-refractivity contribution in [1.82, 2.24) is 10.2 Å². The van der Waals surface area contributed by atoms with Gasteiger partial charge in [-0.3, -0.25) is 9.69 Å². The van der Waals surface area contributed by atoms with E-state index in [1.54, 1.807) is 12.1 Å². The molecule has 1 aliphatic rings. The quantitative estimate of drug-likeness (QED) is 0.731. The maximum absolute atomic E-state index is 11.0. The fraction of sp³-hybridized carbons (Fsp3) is 0.417. The molecule has 1 fully saturated rings. The van der Waals surface area contributed by atoms with Crippen LogP contribution in [0.2, 0.25) is 0 Å². The molecule has 1 atom stereocenters. The molecule has 1 aromatic rings. The topological polar surface area (TPSA) is 61.8 Å². The van der Waals surface area contributed by atoms with Crippen LogP contribution in [-0.2, 0) is 4.79 Å². The SMILES string of the molecule is O=CC(Oc1ccc(O)cc1)N1CCNCC1. The average Bonchev–Trinajstić information content (AvgIpc) is 2.39. The lowest BCUT2D eigenvalue weighted by atomic mass is 10.3. The van der Waals surface area contributed by atoms with Gasteiger partial charge in [0.15, 0.2) is 6.29 Å². The van der Waals surface area contributed by atoms with Gasteiger partial charge in [-0.05, 0) is 24.3 Å². The second kappa shape index (κ2) is 5.65. The third kappa shape index (κ3) is 3.18. The molecule has 1 aromatic carbocycles. The zero-order valence-electron chi connectivity index (χ0n) is 9.50. The first kappa shape index (κ1) is 11.9. The Morgan fingerprint density at radius 3 is 2.53 bits per heavy atom. The predicted molar refractivity (Wildman–Crippen MR) is 63.0 cm³/mol. The van der Waals surface area contributed by atoms with Crippen LogP contribution in [0.3, 0.4) is 0 Å². The number of phenols is 1. The van der Waals surface area contributed by atoms with Gasteiger partial charge in [0.2, 0.25) is 6.23 Å². The van der Waals surface area contributed by atoms with Gasteiger partial charge in [0.25, 0.3) is 0 Å². The Labute approximate surface area is 100.0 Å². The normalized spacial score (nSPS) is 18.6. The molecule has 92 valence electrons. The van der Waals surface area contributed by atoms with Crippen molar-refractivity contribution in [1.29, 1.82) is 0 Å². The number of aromatic hydroxyl groups is 1. The monoisotopic (exact) mass is 236 g/mol. The van der Waals surface area contributed by atoms with Crippen LogP contribution in [0.15, 0.2) is 24.3 Å². The van der Waals surface area contributed by atoms with Crippen molar-refractivity contribution >= 4 is 6.29 Å². The summed E-state index contributed by atoms with van der Waals surface area (Å²) in [6.45, 7) is 3.32. The Balaban J connectivity index is 1.98. The van der Waals surface area contributed by atoms with Crippen molar-refractivity contribution in [3.05, 3.63) is 24.3 Å². The Morgan fingerprint density at radius 1 is 1.29 bits per heavy atom. The standard InChI is InChI=1S/C12H16N2O3/c15-9-12(14-7-5-13-6-8-14)17-11-3-1-10(16)2-4-11/h1-4,9,12-13,16H,5-8H2. The minimum absolute atomic E-state index is 0.183. The minimum Gasteiger partial charge on any atom is -0.508 e. The molecule has 1 heterocycles. The highest BCUT2D eigenvalue weighted by atomic mass is 16.5. The highest BCUT2D eigenvalue weighted by Crippen LogP contribution is 2.17. The number of carbonyl (C=O) groups excluding carboxylic acids is 1. The highest BCUT2D eigenvalue weighted by Gasteiger charge is 2.21. The molecule has 0 saturated carbocycles. The molecule has 5 heteroatoms. The number of piperazine rings is 1. The van der Waals surface area contributed by atoms with Gasteiger partial charge in [0.1, 0.15) is 11.5 Å². The Morgan fingerprint density at radius 2 is 1.94 bits per heavy atom. The van der Waals surface area contributed by atoms with Gasteiger partial charge >= 0.3 is 0 Å². The molecule has 5 nitrogen and oxygen atoms in total. The molecule has 0 radical (unpaired) electrons. The van der Waals surface area contributed by atoms with E-state index in [-0.39, 0.29) is 5.75 Å². The Kier molecular flexibility index (Phi) is 3.95. The highest BCUT2D eigenvalue weighted by molar-refractivity contribution is 5.56. The van der Waals surface area contributed by atoms with Crippen LogP contribution in [0.5, 0.6) is 11.5 Å². The van der Waals surface area contributed by atoms with Crippen molar-refractivity contribution in [2.75, 3.05) is 26.2 Å². The molecule has 2 N–H and O–H groups in total. The van der Waals surface area contributed by atoms with Crippen molar-refractivity contribution in [2.24, 2.45) is 0 Å². The Hall–Kier alpha value is -1.59. The summed E-state index contributed by atoms with van der Waals surface area (Å²) in [6.07, 6.45) is 0.250. The lowest BCUT2D eigenvalue weighted by Gasteiger charge is -2.31. The van der Waals surface area contributed by atoms with E-state index in [4.69, 9.17) is 9.84 Å². The summed E-state index contributed by atoms with van der Waals surface area (Å²) in [5, 5.41) is 12.4. The smallest absolute Gasteiger partial charge is 0.209 e. The second-order valence-corrected chi connectivity index (χ2v) is 3.92. The van der Waals surface area contributed by atoms with E-state index >= 15 is 0 Å². The zero-order chi connectivity index (χ0) is 12.1. The van der Waals surface area contributed by atoms with Crippen LogP contribution in [0.1, 0.15) is 0 Å². The van der Waals surface area contributed by atoms with Gasteiger partial charge in [-0.15, -0.1) is 0 Å².